The van der Waals surface area contributed by atoms with E-state index in [0.29, 0.717) is 12.4 Å². The Morgan fingerprint density at radius 1 is 1.18 bits per heavy atom. The number of hydrogen-bond donors (Lipinski definition) is 2. The molecule has 2 aliphatic rings. The summed E-state index contributed by atoms with van der Waals surface area (Å²) in [4.78, 5) is 23.1. The quantitative estimate of drug-likeness (QED) is 0.612. The molecule has 1 aromatic heterocycles. The average molecular weight is 509 g/mol. The highest BCUT2D eigenvalue weighted by atomic mass is 32.2. The van der Waals surface area contributed by atoms with Gasteiger partial charge in [0.05, 0.1) is 19.0 Å². The van der Waals surface area contributed by atoms with Gasteiger partial charge in [0, 0.05) is 22.9 Å². The minimum absolute atomic E-state index is 0.0449. The summed E-state index contributed by atoms with van der Waals surface area (Å²) >= 11 is 0.889. The Bertz CT molecular complexity index is 1140. The molecule has 2 aromatic rings. The third-order valence-corrected chi connectivity index (χ3v) is 6.28. The van der Waals surface area contributed by atoms with Crippen LogP contribution in [-0.4, -0.2) is 45.7 Å². The molecule has 15 heteroatoms. The normalized spacial score (nSPS) is 25.0. The molecule has 7 nitrogen and oxygen atoms in total. The predicted molar refractivity (Wildman–Crippen MR) is 106 cm³/mol. The van der Waals surface area contributed by atoms with Crippen molar-refractivity contribution in [2.75, 3.05) is 17.7 Å². The number of nitrogens with zero attached hydrogens (tertiary/aromatic N) is 3. The lowest BCUT2D eigenvalue weighted by atomic mass is 9.78. The van der Waals surface area contributed by atoms with Crippen molar-refractivity contribution in [2.45, 2.75) is 24.0 Å². The van der Waals surface area contributed by atoms with Crippen molar-refractivity contribution in [2.24, 2.45) is 16.6 Å². The van der Waals surface area contributed by atoms with Crippen molar-refractivity contribution in [3.63, 3.8) is 0 Å². The minimum Gasteiger partial charge on any atom is -0.379 e. The van der Waals surface area contributed by atoms with Crippen LogP contribution in [0.1, 0.15) is 21.7 Å². The first-order chi connectivity index (χ1) is 15.8. The summed E-state index contributed by atoms with van der Waals surface area (Å²) in [5.41, 5.74) is 1.86. The van der Waals surface area contributed by atoms with Gasteiger partial charge in [0.2, 0.25) is 0 Å². The van der Waals surface area contributed by atoms with Crippen LogP contribution < -0.4 is 11.1 Å². The number of amidine groups is 1. The van der Waals surface area contributed by atoms with E-state index in [1.165, 1.54) is 0 Å². The molecule has 182 valence electrons. The molecule has 1 saturated heterocycles. The summed E-state index contributed by atoms with van der Waals surface area (Å²) in [5, 5.41) is 2.27. The Morgan fingerprint density at radius 2 is 1.91 bits per heavy atom. The molecule has 0 bridgehead atoms. The van der Waals surface area contributed by atoms with Crippen molar-refractivity contribution in [3.05, 3.63) is 53.4 Å². The van der Waals surface area contributed by atoms with Gasteiger partial charge in [-0.25, -0.2) is 19.4 Å². The van der Waals surface area contributed by atoms with E-state index in [4.69, 9.17) is 10.5 Å². The van der Waals surface area contributed by atoms with E-state index in [0.717, 1.165) is 30.0 Å². The summed E-state index contributed by atoms with van der Waals surface area (Å²) in [6.07, 6.45) is -10.7. The monoisotopic (exact) mass is 509 g/mol. The number of carbonyl (C=O) groups is 1. The third-order valence-electron chi connectivity index (χ3n) is 5.37. The molecule has 1 fully saturated rings. The number of alkyl halides is 6. The van der Waals surface area contributed by atoms with Crippen LogP contribution in [0.4, 0.5) is 36.4 Å². The molecular formula is C19H14F7N5O2S. The Hall–Kier alpha value is -2.94. The Labute approximate surface area is 191 Å². The fourth-order valence-electron chi connectivity index (χ4n) is 3.82. The number of amides is 1. The van der Waals surface area contributed by atoms with Crippen LogP contribution in [0, 0.1) is 11.7 Å². The van der Waals surface area contributed by atoms with E-state index in [2.05, 4.69) is 20.3 Å². The number of hydrogen-bond acceptors (Lipinski definition) is 7. The van der Waals surface area contributed by atoms with Gasteiger partial charge in [0.1, 0.15) is 17.1 Å². The number of fused-ring (bicyclic) bond motifs is 1. The van der Waals surface area contributed by atoms with Gasteiger partial charge in [-0.05, 0) is 18.2 Å². The molecule has 34 heavy (non-hydrogen) atoms. The molecule has 3 N–H and O–H groups in total. The van der Waals surface area contributed by atoms with Gasteiger partial charge >= 0.3 is 12.4 Å². The largest absolute Gasteiger partial charge is 0.434 e. The zero-order valence-corrected chi connectivity index (χ0v) is 17.6. The van der Waals surface area contributed by atoms with Crippen molar-refractivity contribution in [1.29, 1.82) is 0 Å². The number of carbonyl (C=O) groups excluding carboxylic acids is 1. The third kappa shape index (κ3) is 4.41. The second-order valence-electron chi connectivity index (χ2n) is 7.50. The van der Waals surface area contributed by atoms with Gasteiger partial charge in [-0.2, -0.15) is 26.3 Å². The molecule has 1 aromatic carbocycles. The highest BCUT2D eigenvalue weighted by molar-refractivity contribution is 8.13. The Kier molecular flexibility index (Phi) is 5.96. The summed E-state index contributed by atoms with van der Waals surface area (Å²) in [5.74, 6) is -3.28. The van der Waals surface area contributed by atoms with Gasteiger partial charge in [-0.1, -0.05) is 11.8 Å². The number of ether oxygens (including phenoxy) is 1. The van der Waals surface area contributed by atoms with Crippen LogP contribution in [0.25, 0.3) is 0 Å². The maximum Gasteiger partial charge on any atom is 0.434 e. The molecule has 0 aliphatic carbocycles. The lowest BCUT2D eigenvalue weighted by Gasteiger charge is -2.36. The van der Waals surface area contributed by atoms with E-state index in [-0.39, 0.29) is 22.2 Å². The second-order valence-corrected chi connectivity index (χ2v) is 8.54. The fraction of sp³-hybridized carbons (Fsp3) is 0.368. The topological polar surface area (TPSA) is 102 Å². The number of thioether (sulfide) groups is 1. The van der Waals surface area contributed by atoms with Crippen LogP contribution in [0.2, 0.25) is 0 Å². The average Bonchev–Trinajstić information content (AvgIpc) is 3.14. The molecule has 4 rings (SSSR count). The number of rotatable bonds is 3. The highest BCUT2D eigenvalue weighted by Gasteiger charge is 2.62. The van der Waals surface area contributed by atoms with E-state index < -0.39 is 59.6 Å². The standard InChI is InChI=1S/C19H14F7N5O2S/c20-11-2-1-8(30-15(32)12-4-29-13(5-28-12)18(21,22)23)3-9(11)17-7-33-14(19(24,25)26)10(17)6-34-16(27)31-17/h1-5,10,14H,6-7H2,(H2,27,31)(H,30,32). The van der Waals surface area contributed by atoms with E-state index in [1.54, 1.807) is 0 Å². The number of anilines is 1. The fourth-order valence-corrected chi connectivity index (χ4v) is 4.85. The van der Waals surface area contributed by atoms with Crippen molar-refractivity contribution in [3.8, 4) is 0 Å². The Morgan fingerprint density at radius 3 is 2.53 bits per heavy atom. The molecule has 0 spiro atoms. The molecular weight excluding hydrogens is 495 g/mol. The molecule has 2 aliphatic heterocycles. The molecule has 3 atom stereocenters. The number of nitrogens with two attached hydrogens (primary N) is 1. The zero-order valence-electron chi connectivity index (χ0n) is 16.7. The number of aliphatic imine (C=N–C) groups is 1. The summed E-state index contributed by atoms with van der Waals surface area (Å²) in [7, 11) is 0. The van der Waals surface area contributed by atoms with Gasteiger partial charge in [-0.3, -0.25) is 4.79 Å². The first-order valence-electron chi connectivity index (χ1n) is 9.48. The van der Waals surface area contributed by atoms with Crippen molar-refractivity contribution in [1.82, 2.24) is 9.97 Å². The van der Waals surface area contributed by atoms with Crippen LogP contribution in [0.5, 0.6) is 0 Å². The van der Waals surface area contributed by atoms with Gasteiger partial charge in [0.15, 0.2) is 17.0 Å². The molecule has 3 unspecified atom stereocenters. The van der Waals surface area contributed by atoms with E-state index >= 15 is 0 Å². The maximum absolute atomic E-state index is 14.9. The number of halogens is 7. The predicted octanol–water partition coefficient (Wildman–Crippen LogP) is 3.72. The van der Waals surface area contributed by atoms with Crippen LogP contribution in [0.3, 0.4) is 0 Å². The highest BCUT2D eigenvalue weighted by Crippen LogP contribution is 2.52. The van der Waals surface area contributed by atoms with Crippen LogP contribution in [-0.2, 0) is 16.5 Å². The van der Waals surface area contributed by atoms with Gasteiger partial charge < -0.3 is 15.8 Å². The van der Waals surface area contributed by atoms with Gasteiger partial charge in [-0.15, -0.1) is 0 Å². The first kappa shape index (κ1) is 24.2. The summed E-state index contributed by atoms with van der Waals surface area (Å²) in [6, 6.07) is 3.14. The summed E-state index contributed by atoms with van der Waals surface area (Å²) < 4.78 is 98.2. The lowest BCUT2D eigenvalue weighted by Crippen LogP contribution is -2.46. The Balaban J connectivity index is 1.66. The van der Waals surface area contributed by atoms with E-state index in [1.807, 2.05) is 0 Å². The van der Waals surface area contributed by atoms with Crippen molar-refractivity contribution < 1.29 is 40.3 Å². The van der Waals surface area contributed by atoms with Gasteiger partial charge in [0.25, 0.3) is 5.91 Å². The first-order valence-corrected chi connectivity index (χ1v) is 10.5. The van der Waals surface area contributed by atoms with Crippen LogP contribution >= 0.6 is 11.8 Å². The lowest BCUT2D eigenvalue weighted by molar-refractivity contribution is -0.215. The molecule has 0 radical (unpaired) electrons. The molecule has 0 saturated carbocycles. The smallest absolute Gasteiger partial charge is 0.379 e. The van der Waals surface area contributed by atoms with Crippen LogP contribution in [0.15, 0.2) is 35.6 Å². The summed E-state index contributed by atoms with van der Waals surface area (Å²) in [6.45, 7) is -0.595. The minimum atomic E-state index is -4.75. The number of aromatic nitrogens is 2. The molecule has 3 heterocycles. The second kappa shape index (κ2) is 8.37. The van der Waals surface area contributed by atoms with Crippen molar-refractivity contribution >= 4 is 28.5 Å². The molecule has 1 amide bonds. The van der Waals surface area contributed by atoms with E-state index in [9.17, 15) is 35.5 Å². The zero-order chi connectivity index (χ0) is 24.9. The number of benzene rings is 1. The maximum atomic E-state index is 14.9. The SMILES string of the molecule is NC1=NC2(c3cc(NC(=O)c4cnc(C(F)(F)F)cn4)ccc3F)COC(C(F)(F)F)C2CS1. The number of nitrogens with one attached hydrogen (secondary N) is 1.